The summed E-state index contributed by atoms with van der Waals surface area (Å²) in [6, 6.07) is 15.4. The lowest BCUT2D eigenvalue weighted by molar-refractivity contribution is 0.340. The highest BCUT2D eigenvalue weighted by molar-refractivity contribution is 7.19. The monoisotopic (exact) mass is 356 g/mol. The van der Waals surface area contributed by atoms with Crippen molar-refractivity contribution in [3.63, 3.8) is 0 Å². The first-order valence-electron chi connectivity index (χ1n) is 7.46. The van der Waals surface area contributed by atoms with Crippen LogP contribution in [0.5, 0.6) is 5.75 Å². The van der Waals surface area contributed by atoms with E-state index in [1.54, 1.807) is 4.52 Å². The van der Waals surface area contributed by atoms with Gasteiger partial charge in [0.25, 0.3) is 0 Å². The number of ether oxygens (including phenoxy) is 1. The molecule has 0 saturated heterocycles. The van der Waals surface area contributed by atoms with Gasteiger partial charge in [-0.2, -0.15) is 9.61 Å². The van der Waals surface area contributed by atoms with Gasteiger partial charge in [-0.3, -0.25) is 0 Å². The van der Waals surface area contributed by atoms with Crippen molar-refractivity contribution in [3.8, 4) is 27.7 Å². The quantitative estimate of drug-likeness (QED) is 0.537. The van der Waals surface area contributed by atoms with Crippen molar-refractivity contribution in [2.24, 2.45) is 0 Å². The summed E-state index contributed by atoms with van der Waals surface area (Å²) in [5.41, 5.74) is 1.83. The van der Waals surface area contributed by atoms with E-state index >= 15 is 0 Å². The normalized spacial score (nSPS) is 11.1. The van der Waals surface area contributed by atoms with Gasteiger partial charge in [0.1, 0.15) is 10.8 Å². The summed E-state index contributed by atoms with van der Waals surface area (Å²) >= 11 is 7.73. The maximum atomic E-state index is 6.26. The van der Waals surface area contributed by atoms with E-state index in [9.17, 15) is 0 Å². The van der Waals surface area contributed by atoms with E-state index in [0.717, 1.165) is 26.8 Å². The minimum absolute atomic E-state index is 0.641. The second-order valence-electron chi connectivity index (χ2n) is 5.06. The van der Waals surface area contributed by atoms with Crippen molar-refractivity contribution in [1.29, 1.82) is 0 Å². The maximum absolute atomic E-state index is 6.26. The molecule has 0 aliphatic carbocycles. The predicted octanol–water partition coefficient (Wildman–Crippen LogP) is 4.57. The molecule has 0 spiro atoms. The molecule has 0 fully saturated rings. The molecule has 2 aromatic carbocycles. The lowest BCUT2D eigenvalue weighted by Crippen LogP contribution is -1.93. The molecule has 0 radical (unpaired) electrons. The Bertz CT molecular complexity index is 993. The summed E-state index contributed by atoms with van der Waals surface area (Å²) in [5.74, 6) is 1.53. The van der Waals surface area contributed by atoms with Crippen LogP contribution in [0.2, 0.25) is 5.02 Å². The first-order valence-corrected chi connectivity index (χ1v) is 8.66. The van der Waals surface area contributed by atoms with E-state index in [1.165, 1.54) is 11.3 Å². The molecule has 120 valence electrons. The van der Waals surface area contributed by atoms with Gasteiger partial charge in [0, 0.05) is 11.1 Å². The molecule has 0 aliphatic rings. The Morgan fingerprint density at radius 2 is 1.88 bits per heavy atom. The molecule has 0 saturated carbocycles. The number of fused-ring (bicyclic) bond motifs is 1. The van der Waals surface area contributed by atoms with Crippen molar-refractivity contribution >= 4 is 27.9 Å². The SMILES string of the molecule is CCOc1ccc(-c2nnc3sc(-c4ccccc4Cl)nn23)cc1. The smallest absolute Gasteiger partial charge is 0.235 e. The number of hydrogen-bond acceptors (Lipinski definition) is 5. The summed E-state index contributed by atoms with van der Waals surface area (Å²) in [6.07, 6.45) is 0. The second-order valence-corrected chi connectivity index (χ2v) is 6.43. The first-order chi connectivity index (χ1) is 11.8. The van der Waals surface area contributed by atoms with Crippen LogP contribution >= 0.6 is 22.9 Å². The minimum Gasteiger partial charge on any atom is -0.494 e. The number of hydrogen-bond donors (Lipinski definition) is 0. The largest absolute Gasteiger partial charge is 0.494 e. The van der Waals surface area contributed by atoms with Crippen LogP contribution in [0.4, 0.5) is 0 Å². The van der Waals surface area contributed by atoms with Crippen LogP contribution in [0.15, 0.2) is 48.5 Å². The molecule has 2 heterocycles. The molecule has 0 N–H and O–H groups in total. The minimum atomic E-state index is 0.641. The van der Waals surface area contributed by atoms with Gasteiger partial charge in [0.05, 0.1) is 11.6 Å². The number of benzene rings is 2. The summed E-state index contributed by atoms with van der Waals surface area (Å²) in [5, 5.41) is 14.6. The molecule has 2 aromatic heterocycles. The van der Waals surface area contributed by atoms with Gasteiger partial charge in [-0.1, -0.05) is 41.1 Å². The van der Waals surface area contributed by atoms with Gasteiger partial charge in [-0.15, -0.1) is 10.2 Å². The molecule has 4 aromatic rings. The van der Waals surface area contributed by atoms with Crippen LogP contribution in [0, 0.1) is 0 Å². The zero-order valence-electron chi connectivity index (χ0n) is 12.8. The maximum Gasteiger partial charge on any atom is 0.235 e. The number of rotatable bonds is 4. The van der Waals surface area contributed by atoms with Crippen LogP contribution in [0.1, 0.15) is 6.92 Å². The lowest BCUT2D eigenvalue weighted by atomic mass is 10.2. The average molecular weight is 357 g/mol. The number of nitrogens with zero attached hydrogens (tertiary/aromatic N) is 4. The predicted molar refractivity (Wildman–Crippen MR) is 95.7 cm³/mol. The fraction of sp³-hybridized carbons (Fsp3) is 0.118. The van der Waals surface area contributed by atoms with Gasteiger partial charge in [-0.25, -0.2) is 0 Å². The molecular formula is C17H13ClN4OS. The van der Waals surface area contributed by atoms with Crippen molar-refractivity contribution in [2.45, 2.75) is 6.92 Å². The van der Waals surface area contributed by atoms with E-state index in [-0.39, 0.29) is 0 Å². The summed E-state index contributed by atoms with van der Waals surface area (Å²) in [6.45, 7) is 2.60. The van der Waals surface area contributed by atoms with Gasteiger partial charge < -0.3 is 4.74 Å². The van der Waals surface area contributed by atoms with Crippen molar-refractivity contribution in [3.05, 3.63) is 53.6 Å². The first kappa shape index (κ1) is 15.1. The number of halogens is 1. The van der Waals surface area contributed by atoms with Crippen molar-refractivity contribution in [1.82, 2.24) is 19.8 Å². The van der Waals surface area contributed by atoms with E-state index in [0.29, 0.717) is 17.5 Å². The molecule has 0 unspecified atom stereocenters. The van der Waals surface area contributed by atoms with Gasteiger partial charge in [0.15, 0.2) is 5.82 Å². The highest BCUT2D eigenvalue weighted by Crippen LogP contribution is 2.32. The van der Waals surface area contributed by atoms with Gasteiger partial charge >= 0.3 is 0 Å². The average Bonchev–Trinajstić information content (AvgIpc) is 3.17. The molecular weight excluding hydrogens is 344 g/mol. The summed E-state index contributed by atoms with van der Waals surface area (Å²) < 4.78 is 7.22. The highest BCUT2D eigenvalue weighted by atomic mass is 35.5. The van der Waals surface area contributed by atoms with Gasteiger partial charge in [0.2, 0.25) is 4.96 Å². The van der Waals surface area contributed by atoms with Crippen LogP contribution in [-0.4, -0.2) is 26.4 Å². The van der Waals surface area contributed by atoms with E-state index in [2.05, 4.69) is 15.3 Å². The number of aromatic nitrogens is 4. The standard InChI is InChI=1S/C17H13ClN4OS/c1-2-23-12-9-7-11(8-10-12)15-19-20-17-22(15)21-16(24-17)13-5-3-4-6-14(13)18/h3-10H,2H2,1H3. The third-order valence-electron chi connectivity index (χ3n) is 3.52. The Kier molecular flexibility index (Phi) is 3.92. The molecule has 0 aliphatic heterocycles. The third-order valence-corrected chi connectivity index (χ3v) is 4.78. The van der Waals surface area contributed by atoms with Crippen molar-refractivity contribution in [2.75, 3.05) is 6.61 Å². The zero-order chi connectivity index (χ0) is 16.5. The third kappa shape index (κ3) is 2.64. The molecule has 5 nitrogen and oxygen atoms in total. The molecule has 7 heteroatoms. The van der Waals surface area contributed by atoms with E-state index in [4.69, 9.17) is 16.3 Å². The Morgan fingerprint density at radius 1 is 1.08 bits per heavy atom. The zero-order valence-corrected chi connectivity index (χ0v) is 14.4. The van der Waals surface area contributed by atoms with E-state index in [1.807, 2.05) is 55.5 Å². The molecule has 24 heavy (non-hydrogen) atoms. The Hall–Kier alpha value is -2.44. The molecule has 4 rings (SSSR count). The highest BCUT2D eigenvalue weighted by Gasteiger charge is 2.15. The Labute approximate surface area is 147 Å². The molecule has 0 amide bonds. The fourth-order valence-electron chi connectivity index (χ4n) is 2.41. The van der Waals surface area contributed by atoms with Gasteiger partial charge in [-0.05, 0) is 37.3 Å². The van der Waals surface area contributed by atoms with Crippen LogP contribution in [-0.2, 0) is 0 Å². The van der Waals surface area contributed by atoms with E-state index < -0.39 is 0 Å². The summed E-state index contributed by atoms with van der Waals surface area (Å²) in [7, 11) is 0. The topological polar surface area (TPSA) is 52.3 Å². The Morgan fingerprint density at radius 3 is 2.62 bits per heavy atom. The van der Waals surface area contributed by atoms with Crippen LogP contribution in [0.25, 0.3) is 26.9 Å². The molecule has 0 bridgehead atoms. The Balaban J connectivity index is 1.76. The lowest BCUT2D eigenvalue weighted by Gasteiger charge is -2.03. The van der Waals surface area contributed by atoms with Crippen molar-refractivity contribution < 1.29 is 4.74 Å². The fourth-order valence-corrected chi connectivity index (χ4v) is 3.57. The summed E-state index contributed by atoms with van der Waals surface area (Å²) in [4.78, 5) is 0.730. The van der Waals surface area contributed by atoms with Crippen LogP contribution < -0.4 is 4.74 Å². The second kappa shape index (κ2) is 6.22. The molecule has 0 atom stereocenters. The van der Waals surface area contributed by atoms with Crippen LogP contribution in [0.3, 0.4) is 0 Å².